The molecule has 0 radical (unpaired) electrons. The average molecular weight is 909 g/mol. The molecule has 0 aromatic heterocycles. The zero-order valence-corrected chi connectivity index (χ0v) is 39.8. The van der Waals surface area contributed by atoms with Crippen LogP contribution in [0.5, 0.6) is 0 Å². The van der Waals surface area contributed by atoms with Gasteiger partial charge in [0.1, 0.15) is 21.1 Å². The summed E-state index contributed by atoms with van der Waals surface area (Å²) in [5.41, 5.74) is 7.55. The molecule has 6 rings (SSSR count). The van der Waals surface area contributed by atoms with E-state index in [4.69, 9.17) is 9.41 Å². The predicted molar refractivity (Wildman–Crippen MR) is 253 cm³/mol. The van der Waals surface area contributed by atoms with Crippen LogP contribution in [0.2, 0.25) is 0 Å². The lowest BCUT2D eigenvalue weighted by molar-refractivity contribution is -0.121. The summed E-state index contributed by atoms with van der Waals surface area (Å²) in [6, 6.07) is 17.2. The first kappa shape index (κ1) is 47.6. The van der Waals surface area contributed by atoms with Gasteiger partial charge in [0.25, 0.3) is 20.2 Å². The van der Waals surface area contributed by atoms with Gasteiger partial charge in [0.05, 0.1) is 16.7 Å². The van der Waals surface area contributed by atoms with Crippen LogP contribution in [0.1, 0.15) is 74.9 Å². The van der Waals surface area contributed by atoms with Crippen molar-refractivity contribution in [2.45, 2.75) is 92.9 Å². The molecule has 4 aromatic carbocycles. The van der Waals surface area contributed by atoms with E-state index < -0.39 is 30.0 Å². The summed E-state index contributed by atoms with van der Waals surface area (Å²) in [7, 11) is -9.79. The van der Waals surface area contributed by atoms with E-state index in [1.807, 2.05) is 88.3 Å². The maximum atomic E-state index is 13.3. The van der Waals surface area contributed by atoms with Gasteiger partial charge in [0.15, 0.2) is 0 Å². The van der Waals surface area contributed by atoms with Gasteiger partial charge in [-0.2, -0.15) is 16.8 Å². The van der Waals surface area contributed by atoms with Crippen molar-refractivity contribution in [2.75, 3.05) is 16.0 Å². The van der Waals surface area contributed by atoms with E-state index >= 15 is 0 Å². The lowest BCUT2D eigenvalue weighted by atomic mass is 9.93. The second kappa shape index (κ2) is 18.0. The van der Waals surface area contributed by atoms with Gasteiger partial charge < -0.3 is 20.4 Å². The number of fused-ring (bicyclic) bond motifs is 2. The first-order valence-electron chi connectivity index (χ1n) is 21.0. The number of aryl methyl sites for hydroxylation is 4. The standard InChI is InChI=1S/C49H56N4O9S2/c1-24(2)30(9)48(54)52-46-28(7)19-26(5)44(32(46)11)50-34-17-18-35-39(21-34)62-40-23-38(51-45-27(6)20-29(8)47(33(45)12)53-49(55)31(10)25(3)4)42(64(59,60)61)22-37(40)43(35)36-15-13-14-16-41(36)63(56,57)58/h13-25,30-31,51H,1-12H3,(H,52,54)(H,53,55)(H,56,57,58)(H,59,60,61)/b50-34-. The van der Waals surface area contributed by atoms with Gasteiger partial charge in [-0.25, -0.2) is 4.99 Å². The van der Waals surface area contributed by atoms with Gasteiger partial charge in [-0.1, -0.05) is 71.9 Å². The largest absolute Gasteiger partial charge is 0.456 e. The zero-order valence-electron chi connectivity index (χ0n) is 38.2. The Morgan fingerprint density at radius 2 is 1.14 bits per heavy atom. The summed E-state index contributed by atoms with van der Waals surface area (Å²) in [4.78, 5) is 30.4. The fraction of sp³-hybridized carbons (Fsp3) is 0.327. The quantitative estimate of drug-likeness (QED) is 0.0580. The Bertz CT molecular complexity index is 3130. The fourth-order valence-electron chi connectivity index (χ4n) is 7.93. The van der Waals surface area contributed by atoms with Crippen LogP contribution in [0.4, 0.5) is 28.4 Å². The van der Waals surface area contributed by atoms with E-state index in [1.165, 1.54) is 30.3 Å². The highest BCUT2D eigenvalue weighted by Gasteiger charge is 2.28. The smallest absolute Gasteiger partial charge is 0.296 e. The Labute approximate surface area is 375 Å². The molecule has 2 unspecified atom stereocenters. The fourth-order valence-corrected chi connectivity index (χ4v) is 9.28. The van der Waals surface area contributed by atoms with Crippen LogP contribution in [0, 0.1) is 65.2 Å². The van der Waals surface area contributed by atoms with Crippen LogP contribution in [0.3, 0.4) is 0 Å². The van der Waals surface area contributed by atoms with Crippen molar-refractivity contribution >= 4 is 71.5 Å². The van der Waals surface area contributed by atoms with E-state index in [-0.39, 0.29) is 69.0 Å². The minimum atomic E-state index is -4.98. The summed E-state index contributed by atoms with van der Waals surface area (Å²) >= 11 is 0. The Morgan fingerprint density at radius 3 is 1.70 bits per heavy atom. The molecule has 13 nitrogen and oxygen atoms in total. The molecule has 0 fully saturated rings. The number of anilines is 4. The number of carbonyl (C=O) groups excluding carboxylic acids is 2. The van der Waals surface area contributed by atoms with Crippen LogP contribution < -0.4 is 21.3 Å². The first-order chi connectivity index (χ1) is 29.8. The Morgan fingerprint density at radius 1 is 0.609 bits per heavy atom. The summed E-state index contributed by atoms with van der Waals surface area (Å²) < 4.78 is 80.1. The number of carbonyl (C=O) groups is 2. The van der Waals surface area contributed by atoms with Crippen molar-refractivity contribution in [3.8, 4) is 22.5 Å². The number of hydrogen-bond donors (Lipinski definition) is 5. The molecule has 64 heavy (non-hydrogen) atoms. The molecule has 338 valence electrons. The molecule has 0 spiro atoms. The molecule has 0 saturated carbocycles. The normalized spacial score (nSPS) is 13.5. The van der Waals surface area contributed by atoms with E-state index in [0.29, 0.717) is 39.2 Å². The number of rotatable bonds is 12. The van der Waals surface area contributed by atoms with Crippen molar-refractivity contribution in [1.29, 1.82) is 0 Å². The third-order valence-corrected chi connectivity index (χ3v) is 14.1. The first-order valence-corrected chi connectivity index (χ1v) is 23.9. The maximum Gasteiger partial charge on any atom is 0.296 e. The van der Waals surface area contributed by atoms with E-state index in [2.05, 4.69) is 16.0 Å². The highest BCUT2D eigenvalue weighted by molar-refractivity contribution is 7.86. The Hall–Kier alpha value is -5.87. The topological polar surface area (TPSA) is 204 Å². The van der Waals surface area contributed by atoms with E-state index in [9.17, 15) is 35.5 Å². The monoisotopic (exact) mass is 908 g/mol. The lowest BCUT2D eigenvalue weighted by Gasteiger charge is -2.23. The lowest BCUT2D eigenvalue weighted by Crippen LogP contribution is -2.25. The second-order valence-electron chi connectivity index (χ2n) is 17.5. The van der Waals surface area contributed by atoms with E-state index in [1.54, 1.807) is 31.2 Å². The van der Waals surface area contributed by atoms with Crippen molar-refractivity contribution in [3.05, 3.63) is 105 Å². The van der Waals surface area contributed by atoms with Gasteiger partial charge >= 0.3 is 0 Å². The third kappa shape index (κ3) is 9.48. The molecule has 4 aromatic rings. The molecule has 1 aliphatic heterocycles. The van der Waals surface area contributed by atoms with Gasteiger partial charge in [0, 0.05) is 63.1 Å². The molecule has 1 aliphatic carbocycles. The molecule has 2 atom stereocenters. The molecule has 0 saturated heterocycles. The second-order valence-corrected chi connectivity index (χ2v) is 20.3. The maximum absolute atomic E-state index is 13.3. The molecule has 15 heteroatoms. The summed E-state index contributed by atoms with van der Waals surface area (Å²) in [5.74, 6) is -0.350. The predicted octanol–water partition coefficient (Wildman–Crippen LogP) is 11.0. The van der Waals surface area contributed by atoms with Crippen LogP contribution in [0.15, 0.2) is 85.9 Å². The van der Waals surface area contributed by atoms with Gasteiger partial charge in [0.2, 0.25) is 11.8 Å². The van der Waals surface area contributed by atoms with Gasteiger partial charge in [-0.15, -0.1) is 0 Å². The number of nitrogens with one attached hydrogen (secondary N) is 3. The summed E-state index contributed by atoms with van der Waals surface area (Å²) in [6.07, 6.45) is 0. The molecule has 1 heterocycles. The van der Waals surface area contributed by atoms with Crippen molar-refractivity contribution in [2.24, 2.45) is 28.7 Å². The van der Waals surface area contributed by atoms with E-state index in [0.717, 1.165) is 27.8 Å². The summed E-state index contributed by atoms with van der Waals surface area (Å²) in [6.45, 7) is 22.8. The SMILES string of the molecule is Cc1cc(C)c(NC(=O)C(C)C(C)C)c(C)c1/N=c1/ccc2c(-c3ccccc3S(=O)(=O)O)c3cc(S(=O)(=O)O)c(Nc4c(C)cc(C)c(NC(=O)C(C)C(C)C)c4C)cc3oc-2c1. The molecule has 2 amide bonds. The van der Waals surface area contributed by atoms with Crippen molar-refractivity contribution in [3.63, 3.8) is 0 Å². The number of amides is 2. The summed E-state index contributed by atoms with van der Waals surface area (Å²) in [5, 5.41) is 9.91. The number of hydrogen-bond acceptors (Lipinski definition) is 9. The zero-order chi connectivity index (χ0) is 47.3. The van der Waals surface area contributed by atoms with Crippen LogP contribution in [0.25, 0.3) is 33.4 Å². The van der Waals surface area contributed by atoms with Gasteiger partial charge in [-0.3, -0.25) is 18.7 Å². The number of nitrogens with zero attached hydrogens (tertiary/aromatic N) is 1. The Kier molecular flexibility index (Phi) is 13.4. The van der Waals surface area contributed by atoms with Crippen LogP contribution >= 0.6 is 0 Å². The van der Waals surface area contributed by atoms with Gasteiger partial charge in [-0.05, 0) is 111 Å². The average Bonchev–Trinajstić information content (AvgIpc) is 3.21. The molecule has 0 bridgehead atoms. The number of benzene rings is 5. The highest BCUT2D eigenvalue weighted by atomic mass is 32.2. The van der Waals surface area contributed by atoms with Crippen molar-refractivity contribution in [1.82, 2.24) is 0 Å². The molecular weight excluding hydrogens is 853 g/mol. The molecule has 2 aliphatic rings. The minimum absolute atomic E-state index is 0.0463. The van der Waals surface area contributed by atoms with Crippen LogP contribution in [-0.4, -0.2) is 37.8 Å². The molecular formula is C49H56N4O9S2. The third-order valence-electron chi connectivity index (χ3n) is 12.2. The van der Waals surface area contributed by atoms with Crippen molar-refractivity contribution < 1.29 is 39.9 Å². The highest BCUT2D eigenvalue weighted by Crippen LogP contribution is 2.45. The van der Waals surface area contributed by atoms with Crippen LogP contribution in [-0.2, 0) is 29.8 Å². The molecule has 5 N–H and O–H groups in total. The Balaban J connectivity index is 1.63. The minimum Gasteiger partial charge on any atom is -0.456 e.